The topological polar surface area (TPSA) is 52.5 Å². The normalized spacial score (nSPS) is 15.4. The molecule has 3 aromatic carbocycles. The molecule has 4 rings (SSSR count). The van der Waals surface area contributed by atoms with E-state index >= 15 is 0 Å². The van der Waals surface area contributed by atoms with Gasteiger partial charge in [0.05, 0.1) is 45.9 Å². The van der Waals surface area contributed by atoms with Crippen LogP contribution in [0.2, 0.25) is 5.02 Å². The number of para-hydroxylation sites is 2. The minimum atomic E-state index is -0.102. The Bertz CT molecular complexity index is 1230. The number of nitrogens with zero attached hydrogens (tertiary/aromatic N) is 2. The fourth-order valence-electron chi connectivity index (χ4n) is 4.14. The van der Waals surface area contributed by atoms with Crippen LogP contribution in [0.4, 0.5) is 5.69 Å². The first kappa shape index (κ1) is 23.5. The molecular weight excluding hydrogens is 452 g/mol. The smallest absolute Gasteiger partial charge is 0.167 e. The van der Waals surface area contributed by atoms with E-state index in [1.54, 1.807) is 28.4 Å². The number of allylic oxidation sites excluding steroid dienone is 1. The summed E-state index contributed by atoms with van der Waals surface area (Å²) in [5.74, 6) is 2.73. The summed E-state index contributed by atoms with van der Waals surface area (Å²) in [5, 5.41) is 7.56. The van der Waals surface area contributed by atoms with E-state index in [0.29, 0.717) is 34.4 Å². The van der Waals surface area contributed by atoms with E-state index in [9.17, 15) is 0 Å². The molecule has 6 nitrogen and oxygen atoms in total. The van der Waals surface area contributed by atoms with Crippen molar-refractivity contribution >= 4 is 29.1 Å². The van der Waals surface area contributed by atoms with E-state index in [4.69, 9.17) is 35.6 Å². The van der Waals surface area contributed by atoms with Crippen LogP contribution in [0.25, 0.3) is 6.08 Å². The fourth-order valence-corrected chi connectivity index (χ4v) is 4.32. The summed E-state index contributed by atoms with van der Waals surface area (Å²) in [7, 11) is 6.55. The van der Waals surface area contributed by atoms with Gasteiger partial charge in [-0.3, -0.25) is 5.01 Å². The number of methoxy groups -OCH3 is 4. The second-order valence-electron chi connectivity index (χ2n) is 7.63. The average Bonchev–Trinajstić information content (AvgIpc) is 3.30. The zero-order valence-electron chi connectivity index (χ0n) is 19.6. The lowest BCUT2D eigenvalue weighted by Gasteiger charge is -2.26. The highest BCUT2D eigenvalue weighted by atomic mass is 35.5. The van der Waals surface area contributed by atoms with Crippen molar-refractivity contribution < 1.29 is 18.9 Å². The quantitative estimate of drug-likeness (QED) is 0.375. The molecule has 176 valence electrons. The van der Waals surface area contributed by atoms with Gasteiger partial charge in [-0.2, -0.15) is 5.10 Å². The van der Waals surface area contributed by atoms with Gasteiger partial charge in [0.1, 0.15) is 0 Å². The monoisotopic (exact) mass is 478 g/mol. The molecule has 1 aliphatic heterocycles. The van der Waals surface area contributed by atoms with Crippen molar-refractivity contribution in [2.45, 2.75) is 12.5 Å². The SMILES string of the molecule is COc1cccc(/C=C/C2=NN(c3cccc(Cl)c3)[C@@H](c3cccc(OC)c3OC)C2)c1OC. The van der Waals surface area contributed by atoms with Crippen LogP contribution in [0, 0.1) is 0 Å². The lowest BCUT2D eigenvalue weighted by Crippen LogP contribution is -2.19. The van der Waals surface area contributed by atoms with Crippen LogP contribution in [-0.2, 0) is 0 Å². The van der Waals surface area contributed by atoms with E-state index in [-0.39, 0.29) is 6.04 Å². The third-order valence-corrected chi connectivity index (χ3v) is 5.92. The maximum atomic E-state index is 6.30. The zero-order chi connectivity index (χ0) is 24.1. The van der Waals surface area contributed by atoms with Crippen molar-refractivity contribution in [2.24, 2.45) is 5.10 Å². The molecule has 1 atom stereocenters. The molecule has 0 spiro atoms. The molecule has 3 aromatic rings. The van der Waals surface area contributed by atoms with Gasteiger partial charge in [-0.1, -0.05) is 41.9 Å². The Labute approximate surface area is 205 Å². The summed E-state index contributed by atoms with van der Waals surface area (Å²) in [6.07, 6.45) is 4.65. The highest BCUT2D eigenvalue weighted by Crippen LogP contribution is 2.43. The van der Waals surface area contributed by atoms with Gasteiger partial charge in [0.2, 0.25) is 0 Å². The molecule has 1 aliphatic rings. The lowest BCUT2D eigenvalue weighted by atomic mass is 9.99. The molecule has 1 heterocycles. The van der Waals surface area contributed by atoms with Crippen LogP contribution in [0.1, 0.15) is 23.6 Å². The van der Waals surface area contributed by atoms with E-state index in [2.05, 4.69) is 0 Å². The number of hydrogen-bond donors (Lipinski definition) is 0. The summed E-state index contributed by atoms with van der Waals surface area (Å²) in [4.78, 5) is 0. The van der Waals surface area contributed by atoms with E-state index in [1.807, 2.05) is 77.8 Å². The average molecular weight is 479 g/mol. The highest BCUT2D eigenvalue weighted by molar-refractivity contribution is 6.30. The second-order valence-corrected chi connectivity index (χ2v) is 8.07. The van der Waals surface area contributed by atoms with Crippen LogP contribution in [0.3, 0.4) is 0 Å². The molecule has 0 unspecified atom stereocenters. The number of benzene rings is 3. The molecule has 0 bridgehead atoms. The first-order chi connectivity index (χ1) is 16.6. The fraction of sp³-hybridized carbons (Fsp3) is 0.222. The van der Waals surface area contributed by atoms with Gasteiger partial charge in [0.15, 0.2) is 23.0 Å². The van der Waals surface area contributed by atoms with Crippen molar-refractivity contribution in [3.05, 3.63) is 82.9 Å². The molecule has 7 heteroatoms. The third-order valence-electron chi connectivity index (χ3n) is 5.69. The molecule has 34 heavy (non-hydrogen) atoms. The number of halogens is 1. The molecule has 0 amide bonds. The van der Waals surface area contributed by atoms with Gasteiger partial charge in [-0.15, -0.1) is 0 Å². The molecule has 0 radical (unpaired) electrons. The lowest BCUT2D eigenvalue weighted by molar-refractivity contribution is 0.349. The van der Waals surface area contributed by atoms with Crippen LogP contribution >= 0.6 is 11.6 Å². The van der Waals surface area contributed by atoms with Crippen LogP contribution < -0.4 is 24.0 Å². The van der Waals surface area contributed by atoms with Gasteiger partial charge in [0, 0.05) is 22.6 Å². The van der Waals surface area contributed by atoms with Crippen molar-refractivity contribution in [3.63, 3.8) is 0 Å². The summed E-state index contributed by atoms with van der Waals surface area (Å²) in [6.45, 7) is 0. The Balaban J connectivity index is 1.74. The maximum Gasteiger partial charge on any atom is 0.167 e. The number of ether oxygens (including phenoxy) is 4. The number of anilines is 1. The van der Waals surface area contributed by atoms with Crippen molar-refractivity contribution in [1.82, 2.24) is 0 Å². The van der Waals surface area contributed by atoms with Crippen molar-refractivity contribution in [1.29, 1.82) is 0 Å². The van der Waals surface area contributed by atoms with Crippen LogP contribution in [0.15, 0.2) is 71.8 Å². The summed E-state index contributed by atoms with van der Waals surface area (Å²) >= 11 is 6.30. The molecule has 0 aliphatic carbocycles. The summed E-state index contributed by atoms with van der Waals surface area (Å²) in [5.41, 5.74) is 3.68. The molecule has 0 saturated carbocycles. The second kappa shape index (κ2) is 10.5. The number of hydrogen-bond acceptors (Lipinski definition) is 6. The molecule has 0 N–H and O–H groups in total. The minimum Gasteiger partial charge on any atom is -0.493 e. The van der Waals surface area contributed by atoms with Crippen LogP contribution in [-0.4, -0.2) is 34.2 Å². The summed E-state index contributed by atoms with van der Waals surface area (Å²) in [6, 6.07) is 19.2. The Kier molecular flexibility index (Phi) is 7.28. The first-order valence-corrected chi connectivity index (χ1v) is 11.2. The predicted molar refractivity (Wildman–Crippen MR) is 137 cm³/mol. The Morgan fingerprint density at radius 1 is 0.824 bits per heavy atom. The highest BCUT2D eigenvalue weighted by Gasteiger charge is 2.31. The molecule has 0 aromatic heterocycles. The Hall–Kier alpha value is -3.64. The summed E-state index contributed by atoms with van der Waals surface area (Å²) < 4.78 is 22.2. The Morgan fingerprint density at radius 3 is 2.18 bits per heavy atom. The van der Waals surface area contributed by atoms with E-state index in [1.165, 1.54) is 0 Å². The maximum absolute atomic E-state index is 6.30. The third kappa shape index (κ3) is 4.68. The van der Waals surface area contributed by atoms with Crippen molar-refractivity contribution in [2.75, 3.05) is 33.4 Å². The largest absolute Gasteiger partial charge is 0.493 e. The standard InChI is InChI=1S/C27H27ClN2O4/c1-31-24-12-5-8-18(26(24)33-3)14-15-20-17-23(22-11-7-13-25(32-2)27(22)34-4)30(29-20)21-10-6-9-19(28)16-21/h5-16,23H,17H2,1-4H3/b15-14+/t23-/m1/s1. The van der Waals surface area contributed by atoms with Gasteiger partial charge in [-0.25, -0.2) is 0 Å². The number of hydrazone groups is 1. The van der Waals surface area contributed by atoms with Gasteiger partial charge in [-0.05, 0) is 42.5 Å². The van der Waals surface area contributed by atoms with Gasteiger partial charge < -0.3 is 18.9 Å². The van der Waals surface area contributed by atoms with Gasteiger partial charge >= 0.3 is 0 Å². The minimum absolute atomic E-state index is 0.102. The Morgan fingerprint density at radius 2 is 1.50 bits per heavy atom. The molecule has 0 saturated heterocycles. The van der Waals surface area contributed by atoms with E-state index < -0.39 is 0 Å². The number of rotatable bonds is 8. The molecular formula is C27H27ClN2O4. The van der Waals surface area contributed by atoms with Crippen LogP contribution in [0.5, 0.6) is 23.0 Å². The first-order valence-electron chi connectivity index (χ1n) is 10.8. The molecule has 0 fully saturated rings. The van der Waals surface area contributed by atoms with E-state index in [0.717, 1.165) is 22.5 Å². The zero-order valence-corrected chi connectivity index (χ0v) is 20.4. The predicted octanol–water partition coefficient (Wildman–Crippen LogP) is 6.40. The van der Waals surface area contributed by atoms with Crippen molar-refractivity contribution in [3.8, 4) is 23.0 Å². The van der Waals surface area contributed by atoms with Gasteiger partial charge in [0.25, 0.3) is 0 Å².